The van der Waals surface area contributed by atoms with Crippen molar-refractivity contribution in [1.29, 1.82) is 0 Å². The van der Waals surface area contributed by atoms with Gasteiger partial charge in [0.25, 0.3) is 0 Å². The first-order valence-corrected chi connectivity index (χ1v) is 12.8. The fourth-order valence-corrected chi connectivity index (χ4v) is 8.62. The zero-order valence-corrected chi connectivity index (χ0v) is 20.0. The van der Waals surface area contributed by atoms with Crippen LogP contribution in [0.2, 0.25) is 0 Å². The molecular formula is C27H46O3. The second-order valence-electron chi connectivity index (χ2n) is 12.5. The van der Waals surface area contributed by atoms with Crippen molar-refractivity contribution >= 4 is 0 Å². The molecule has 3 nitrogen and oxygen atoms in total. The Morgan fingerprint density at radius 3 is 2.50 bits per heavy atom. The largest absolute Gasteiger partial charge is 0.393 e. The number of allylic oxidation sites excluding steroid dienone is 1. The van der Waals surface area contributed by atoms with E-state index in [-0.39, 0.29) is 22.9 Å². The molecule has 3 saturated carbocycles. The molecule has 3 heteroatoms. The van der Waals surface area contributed by atoms with Gasteiger partial charge in [0.15, 0.2) is 0 Å². The number of fused-ring (bicyclic) bond motifs is 5. The lowest BCUT2D eigenvalue weighted by Crippen LogP contribution is -2.55. The summed E-state index contributed by atoms with van der Waals surface area (Å²) in [5, 5.41) is 32.7. The molecule has 0 aliphatic heterocycles. The minimum atomic E-state index is -1.00. The first-order chi connectivity index (χ1) is 14.0. The third kappa shape index (κ3) is 3.52. The van der Waals surface area contributed by atoms with Gasteiger partial charge in [-0.1, -0.05) is 39.3 Å². The highest BCUT2D eigenvalue weighted by Gasteiger charge is 2.62. The molecule has 0 aromatic heterocycles. The highest BCUT2D eigenvalue weighted by atomic mass is 16.3. The van der Waals surface area contributed by atoms with Crippen molar-refractivity contribution in [3.05, 3.63) is 11.6 Å². The van der Waals surface area contributed by atoms with Gasteiger partial charge in [0.2, 0.25) is 0 Å². The van der Waals surface area contributed by atoms with Gasteiger partial charge in [-0.15, -0.1) is 0 Å². The molecule has 0 amide bonds. The Labute approximate surface area is 184 Å². The van der Waals surface area contributed by atoms with E-state index >= 15 is 0 Å². The third-order valence-electron chi connectivity index (χ3n) is 10.5. The van der Waals surface area contributed by atoms with Gasteiger partial charge >= 0.3 is 0 Å². The van der Waals surface area contributed by atoms with Crippen molar-refractivity contribution < 1.29 is 15.3 Å². The Kier molecular flexibility index (Phi) is 5.99. The van der Waals surface area contributed by atoms with Crippen LogP contribution in [0.5, 0.6) is 0 Å². The van der Waals surface area contributed by atoms with Gasteiger partial charge in [-0.25, -0.2) is 0 Å². The smallest absolute Gasteiger partial charge is 0.0910 e. The molecule has 0 aromatic rings. The molecule has 0 spiro atoms. The van der Waals surface area contributed by atoms with Crippen LogP contribution < -0.4 is 0 Å². The maximum Gasteiger partial charge on any atom is 0.0910 e. The molecule has 30 heavy (non-hydrogen) atoms. The van der Waals surface area contributed by atoms with Crippen LogP contribution in [0, 0.1) is 40.4 Å². The Morgan fingerprint density at radius 2 is 1.80 bits per heavy atom. The minimum absolute atomic E-state index is 0.124. The number of aliphatic hydroxyl groups is 3. The van der Waals surface area contributed by atoms with Crippen LogP contribution >= 0.6 is 0 Å². The highest BCUT2D eigenvalue weighted by molar-refractivity contribution is 5.25. The Morgan fingerprint density at radius 1 is 1.07 bits per heavy atom. The standard InChI is InChI=1S/C27H46O3/c1-17(2)6-11-24(29)27(5,30)23-10-9-21-20-8-7-18-16-19(28)12-14-25(18,3)22(20)13-15-26(21,23)4/h7,17,19-24,28-30H,6,8-16H2,1-5H3/t19?,20?,21?,22?,23?,24?,25?,26?,27-/m1/s1. The molecule has 4 rings (SSSR count). The lowest BCUT2D eigenvalue weighted by molar-refractivity contribution is -0.151. The highest BCUT2D eigenvalue weighted by Crippen LogP contribution is 2.67. The fraction of sp³-hybridized carbons (Fsp3) is 0.926. The predicted molar refractivity (Wildman–Crippen MR) is 122 cm³/mol. The monoisotopic (exact) mass is 418 g/mol. The first kappa shape index (κ1) is 22.8. The van der Waals surface area contributed by atoms with Crippen molar-refractivity contribution in [2.24, 2.45) is 40.4 Å². The summed E-state index contributed by atoms with van der Waals surface area (Å²) in [6, 6.07) is 0. The fourth-order valence-electron chi connectivity index (χ4n) is 8.62. The van der Waals surface area contributed by atoms with E-state index in [0.717, 1.165) is 44.4 Å². The Balaban J connectivity index is 1.55. The van der Waals surface area contributed by atoms with E-state index in [1.54, 1.807) is 0 Å². The first-order valence-electron chi connectivity index (χ1n) is 12.8. The number of hydrogen-bond acceptors (Lipinski definition) is 3. The molecule has 0 aromatic carbocycles. The van der Waals surface area contributed by atoms with Crippen LogP contribution in [-0.2, 0) is 0 Å². The number of hydrogen-bond donors (Lipinski definition) is 3. The van der Waals surface area contributed by atoms with E-state index < -0.39 is 11.7 Å². The van der Waals surface area contributed by atoms with Crippen LogP contribution in [-0.4, -0.2) is 33.1 Å². The van der Waals surface area contributed by atoms with Gasteiger partial charge in [-0.05, 0) is 112 Å². The summed E-state index contributed by atoms with van der Waals surface area (Å²) in [6.07, 6.45) is 12.1. The van der Waals surface area contributed by atoms with Crippen LogP contribution in [0.15, 0.2) is 11.6 Å². The molecule has 3 N–H and O–H groups in total. The lowest BCUT2D eigenvalue weighted by atomic mass is 9.46. The zero-order chi connectivity index (χ0) is 21.9. The summed E-state index contributed by atoms with van der Waals surface area (Å²) in [7, 11) is 0. The van der Waals surface area contributed by atoms with Gasteiger partial charge in [-0.2, -0.15) is 0 Å². The average molecular weight is 419 g/mol. The third-order valence-corrected chi connectivity index (χ3v) is 10.5. The summed E-state index contributed by atoms with van der Waals surface area (Å²) < 4.78 is 0. The van der Waals surface area contributed by atoms with Crippen LogP contribution in [0.4, 0.5) is 0 Å². The van der Waals surface area contributed by atoms with Crippen molar-refractivity contribution in [3.8, 4) is 0 Å². The Hall–Kier alpha value is -0.380. The molecular weight excluding hydrogens is 372 g/mol. The SMILES string of the molecule is CC(C)CCC(O)[C@](C)(O)C1CCC2C3CC=C4CC(O)CCC4(C)C3CCC21C. The van der Waals surface area contributed by atoms with E-state index in [2.05, 4.69) is 33.8 Å². The van der Waals surface area contributed by atoms with E-state index in [4.69, 9.17) is 0 Å². The normalized spacial score (nSPS) is 46.4. The predicted octanol–water partition coefficient (Wildman–Crippen LogP) is 5.47. The minimum Gasteiger partial charge on any atom is -0.393 e. The topological polar surface area (TPSA) is 60.7 Å². The van der Waals surface area contributed by atoms with Crippen molar-refractivity contribution in [2.75, 3.05) is 0 Å². The molecule has 8 unspecified atom stereocenters. The summed E-state index contributed by atoms with van der Waals surface area (Å²) in [5.41, 5.74) is 0.914. The van der Waals surface area contributed by atoms with E-state index in [1.165, 1.54) is 24.8 Å². The van der Waals surface area contributed by atoms with Crippen LogP contribution in [0.1, 0.15) is 98.8 Å². The quantitative estimate of drug-likeness (QED) is 0.519. The number of rotatable bonds is 5. The molecule has 9 atom stereocenters. The Bertz CT molecular complexity index is 667. The zero-order valence-electron chi connectivity index (χ0n) is 20.0. The van der Waals surface area contributed by atoms with Gasteiger partial charge in [0.1, 0.15) is 0 Å². The summed E-state index contributed by atoms with van der Waals surface area (Å²) in [4.78, 5) is 0. The molecule has 172 valence electrons. The summed E-state index contributed by atoms with van der Waals surface area (Å²) in [6.45, 7) is 11.2. The van der Waals surface area contributed by atoms with Crippen LogP contribution in [0.25, 0.3) is 0 Å². The van der Waals surface area contributed by atoms with Crippen molar-refractivity contribution in [1.82, 2.24) is 0 Å². The number of aliphatic hydroxyl groups excluding tert-OH is 2. The average Bonchev–Trinajstić information content (AvgIpc) is 3.04. The maximum absolute atomic E-state index is 11.6. The van der Waals surface area contributed by atoms with E-state index in [9.17, 15) is 15.3 Å². The molecule has 0 bridgehead atoms. The molecule has 3 fully saturated rings. The molecule has 4 aliphatic rings. The summed E-state index contributed by atoms with van der Waals surface area (Å²) >= 11 is 0. The second kappa shape index (κ2) is 7.89. The van der Waals surface area contributed by atoms with Gasteiger partial charge < -0.3 is 15.3 Å². The van der Waals surface area contributed by atoms with E-state index in [1.807, 2.05) is 6.92 Å². The lowest BCUT2D eigenvalue weighted by Gasteiger charge is -2.59. The molecule has 0 heterocycles. The summed E-state index contributed by atoms with van der Waals surface area (Å²) in [5.74, 6) is 2.80. The van der Waals surface area contributed by atoms with Gasteiger partial charge in [-0.3, -0.25) is 0 Å². The van der Waals surface area contributed by atoms with E-state index in [0.29, 0.717) is 24.2 Å². The second-order valence-corrected chi connectivity index (χ2v) is 12.5. The van der Waals surface area contributed by atoms with Crippen LogP contribution in [0.3, 0.4) is 0 Å². The van der Waals surface area contributed by atoms with Crippen molar-refractivity contribution in [3.63, 3.8) is 0 Å². The maximum atomic E-state index is 11.6. The molecule has 4 aliphatic carbocycles. The molecule has 0 saturated heterocycles. The van der Waals surface area contributed by atoms with Crippen molar-refractivity contribution in [2.45, 2.75) is 117 Å². The van der Waals surface area contributed by atoms with Gasteiger partial charge in [0, 0.05) is 0 Å². The molecule has 0 radical (unpaired) electrons. The van der Waals surface area contributed by atoms with Gasteiger partial charge in [0.05, 0.1) is 17.8 Å².